The van der Waals surface area contributed by atoms with Crippen molar-refractivity contribution in [1.29, 1.82) is 0 Å². The molecule has 0 spiro atoms. The van der Waals surface area contributed by atoms with Gasteiger partial charge in [-0.1, -0.05) is 0 Å². The third kappa shape index (κ3) is 6.34. The van der Waals surface area contributed by atoms with Gasteiger partial charge in [-0.3, -0.25) is 20.2 Å². The molecule has 13 heteroatoms. The highest BCUT2D eigenvalue weighted by molar-refractivity contribution is 5.63. The molecule has 0 aliphatic heterocycles. The summed E-state index contributed by atoms with van der Waals surface area (Å²) in [7, 11) is 2.96. The zero-order chi connectivity index (χ0) is 24.7. The summed E-state index contributed by atoms with van der Waals surface area (Å²) in [5.74, 6) is 0. The molecule has 4 unspecified atom stereocenters. The second-order valence-electron chi connectivity index (χ2n) is 7.13. The van der Waals surface area contributed by atoms with E-state index in [1.807, 2.05) is 0 Å². The van der Waals surface area contributed by atoms with Crippen molar-refractivity contribution in [3.63, 3.8) is 0 Å². The molecule has 4 atom stereocenters. The zero-order valence-corrected chi connectivity index (χ0v) is 17.9. The average molecular weight is 466 g/mol. The lowest BCUT2D eigenvalue weighted by molar-refractivity contribution is -0.384. The Balaban J connectivity index is 1.96. The van der Waals surface area contributed by atoms with Crippen LogP contribution >= 0.6 is 0 Å². The van der Waals surface area contributed by atoms with Crippen molar-refractivity contribution < 1.29 is 35.0 Å². The number of nitrogens with one attached hydrogen (secondary N) is 2. The minimum Gasteiger partial charge on any atom is -0.388 e. The van der Waals surface area contributed by atoms with Gasteiger partial charge in [0.15, 0.2) is 0 Å². The summed E-state index contributed by atoms with van der Waals surface area (Å²) in [6, 6.07) is 7.67. The molecule has 13 nitrogen and oxygen atoms in total. The van der Waals surface area contributed by atoms with Gasteiger partial charge in [0.05, 0.1) is 23.1 Å². The third-order valence-electron chi connectivity index (χ3n) is 4.96. The van der Waals surface area contributed by atoms with Crippen molar-refractivity contribution in [3.05, 3.63) is 67.8 Å². The molecule has 2 aromatic rings. The Kier molecular flexibility index (Phi) is 9.02. The van der Waals surface area contributed by atoms with E-state index < -0.39 is 47.5 Å². The number of anilines is 2. The molecular weight excluding hydrogens is 440 g/mol. The van der Waals surface area contributed by atoms with Crippen LogP contribution in [0.1, 0.15) is 23.3 Å². The normalized spacial score (nSPS) is 14.7. The standard InChI is InChI=1S/C20H26N4O9/c1-21-13-7-11(3-5-15(13)23(29)30)19(27)17(25)9-33-10-18(26)20(28)12-4-6-16(24(31)32)14(8-12)22-2/h3-8,17-22,25-28H,9-10H2,1-2H3. The molecule has 0 saturated heterocycles. The van der Waals surface area contributed by atoms with Gasteiger partial charge in [-0.15, -0.1) is 0 Å². The Morgan fingerprint density at radius 3 is 1.45 bits per heavy atom. The highest BCUT2D eigenvalue weighted by Crippen LogP contribution is 2.30. The summed E-state index contributed by atoms with van der Waals surface area (Å²) in [6.45, 7) is -0.808. The zero-order valence-electron chi connectivity index (χ0n) is 17.9. The molecule has 180 valence electrons. The number of nitro groups is 2. The Hall–Kier alpha value is -3.36. The van der Waals surface area contributed by atoms with Crippen LogP contribution in [0.25, 0.3) is 0 Å². The molecule has 0 fully saturated rings. The molecular formula is C20H26N4O9. The highest BCUT2D eigenvalue weighted by Gasteiger charge is 2.25. The summed E-state index contributed by atoms with van der Waals surface area (Å²) < 4.78 is 5.21. The smallest absolute Gasteiger partial charge is 0.292 e. The molecule has 0 aromatic heterocycles. The monoisotopic (exact) mass is 466 g/mol. The van der Waals surface area contributed by atoms with Crippen LogP contribution in [0, 0.1) is 20.2 Å². The fraction of sp³-hybridized carbons (Fsp3) is 0.400. The molecule has 0 heterocycles. The van der Waals surface area contributed by atoms with E-state index in [0.717, 1.165) is 0 Å². The Bertz CT molecular complexity index is 911. The topological polar surface area (TPSA) is 200 Å². The summed E-state index contributed by atoms with van der Waals surface area (Å²) in [4.78, 5) is 20.8. The van der Waals surface area contributed by atoms with E-state index in [9.17, 15) is 40.7 Å². The van der Waals surface area contributed by atoms with Gasteiger partial charge in [-0.25, -0.2) is 0 Å². The van der Waals surface area contributed by atoms with E-state index in [4.69, 9.17) is 4.74 Å². The molecule has 2 aromatic carbocycles. The number of ether oxygens (including phenoxy) is 1. The number of rotatable bonds is 12. The highest BCUT2D eigenvalue weighted by atomic mass is 16.6. The van der Waals surface area contributed by atoms with E-state index in [-0.39, 0.29) is 33.9 Å². The van der Waals surface area contributed by atoms with Gasteiger partial charge in [0.2, 0.25) is 0 Å². The van der Waals surface area contributed by atoms with Crippen molar-refractivity contribution in [3.8, 4) is 0 Å². The first-order chi connectivity index (χ1) is 15.6. The van der Waals surface area contributed by atoms with Crippen LogP contribution in [-0.4, -0.2) is 69.8 Å². The van der Waals surface area contributed by atoms with Crippen LogP contribution < -0.4 is 10.6 Å². The van der Waals surface area contributed by atoms with E-state index in [0.29, 0.717) is 0 Å². The van der Waals surface area contributed by atoms with Crippen molar-refractivity contribution in [2.24, 2.45) is 0 Å². The summed E-state index contributed by atoms with van der Waals surface area (Å²) in [5, 5.41) is 68.3. The van der Waals surface area contributed by atoms with Gasteiger partial charge in [0.25, 0.3) is 11.4 Å². The van der Waals surface area contributed by atoms with E-state index in [1.165, 1.54) is 50.5 Å². The molecule has 0 saturated carbocycles. The summed E-state index contributed by atoms with van der Waals surface area (Å²) >= 11 is 0. The number of hydrogen-bond donors (Lipinski definition) is 6. The fourth-order valence-electron chi connectivity index (χ4n) is 3.13. The SMILES string of the molecule is CNc1cc(C(O)C(O)COCC(O)C(O)c2ccc([N+](=O)[O-])c(NC)c2)ccc1[N+](=O)[O-]. The minimum absolute atomic E-state index is 0.159. The number of hydrogen-bond acceptors (Lipinski definition) is 11. The lowest BCUT2D eigenvalue weighted by atomic mass is 10.0. The first kappa shape index (κ1) is 25.9. The molecule has 33 heavy (non-hydrogen) atoms. The molecule has 0 aliphatic rings. The van der Waals surface area contributed by atoms with Gasteiger partial charge in [-0.05, 0) is 35.4 Å². The number of aliphatic hydroxyl groups excluding tert-OH is 4. The van der Waals surface area contributed by atoms with Crippen LogP contribution in [-0.2, 0) is 4.74 Å². The van der Waals surface area contributed by atoms with Gasteiger partial charge in [0.1, 0.15) is 35.8 Å². The maximum absolute atomic E-state index is 11.0. The van der Waals surface area contributed by atoms with Crippen LogP contribution in [0.2, 0.25) is 0 Å². The first-order valence-corrected chi connectivity index (χ1v) is 9.82. The Morgan fingerprint density at radius 1 is 0.788 bits per heavy atom. The first-order valence-electron chi connectivity index (χ1n) is 9.82. The summed E-state index contributed by atoms with van der Waals surface area (Å²) in [6.07, 6.45) is -5.69. The number of benzene rings is 2. The van der Waals surface area contributed by atoms with Crippen LogP contribution in [0.5, 0.6) is 0 Å². The predicted molar refractivity (Wildman–Crippen MR) is 118 cm³/mol. The van der Waals surface area contributed by atoms with Crippen molar-refractivity contribution >= 4 is 22.7 Å². The van der Waals surface area contributed by atoms with Gasteiger partial charge in [-0.2, -0.15) is 0 Å². The van der Waals surface area contributed by atoms with Crippen molar-refractivity contribution in [1.82, 2.24) is 0 Å². The third-order valence-corrected chi connectivity index (χ3v) is 4.96. The van der Waals surface area contributed by atoms with Crippen LogP contribution in [0.3, 0.4) is 0 Å². The number of aliphatic hydroxyl groups is 4. The van der Waals surface area contributed by atoms with E-state index >= 15 is 0 Å². The lowest BCUT2D eigenvalue weighted by Gasteiger charge is -2.22. The number of nitro benzene ring substituents is 2. The molecule has 0 aliphatic carbocycles. The van der Waals surface area contributed by atoms with E-state index in [1.54, 1.807) is 0 Å². The molecule has 0 amide bonds. The second-order valence-corrected chi connectivity index (χ2v) is 7.13. The van der Waals surface area contributed by atoms with Gasteiger partial charge >= 0.3 is 0 Å². The van der Waals surface area contributed by atoms with E-state index in [2.05, 4.69) is 10.6 Å². The Morgan fingerprint density at radius 2 is 1.15 bits per heavy atom. The van der Waals surface area contributed by atoms with Crippen molar-refractivity contribution in [2.45, 2.75) is 24.4 Å². The average Bonchev–Trinajstić information content (AvgIpc) is 2.81. The summed E-state index contributed by atoms with van der Waals surface area (Å²) in [5.41, 5.74) is 0.367. The van der Waals surface area contributed by atoms with Gasteiger partial charge < -0.3 is 35.8 Å². The molecule has 2 rings (SSSR count). The maximum Gasteiger partial charge on any atom is 0.292 e. The predicted octanol–water partition coefficient (Wildman–Crippen LogP) is 1.09. The molecule has 0 bridgehead atoms. The minimum atomic E-state index is -1.42. The quantitative estimate of drug-likeness (QED) is 0.193. The molecule has 0 radical (unpaired) electrons. The number of nitrogens with zero attached hydrogens (tertiary/aromatic N) is 2. The maximum atomic E-state index is 11.0. The lowest BCUT2D eigenvalue weighted by Crippen LogP contribution is -2.29. The fourth-order valence-corrected chi connectivity index (χ4v) is 3.13. The van der Waals surface area contributed by atoms with Gasteiger partial charge in [0, 0.05) is 26.2 Å². The van der Waals surface area contributed by atoms with Crippen molar-refractivity contribution in [2.75, 3.05) is 37.9 Å². The van der Waals surface area contributed by atoms with Crippen LogP contribution in [0.4, 0.5) is 22.7 Å². The van der Waals surface area contributed by atoms with Crippen LogP contribution in [0.15, 0.2) is 36.4 Å². The Labute approximate surface area is 188 Å². The second kappa shape index (κ2) is 11.5. The largest absolute Gasteiger partial charge is 0.388 e. The molecule has 6 N–H and O–H groups in total.